The van der Waals surface area contributed by atoms with Gasteiger partial charge in [-0.1, -0.05) is 37.3 Å². The number of likely N-dealkylation sites (N-methyl/N-ethyl adjacent to an activating group) is 1. The van der Waals surface area contributed by atoms with Gasteiger partial charge in [0, 0.05) is 44.2 Å². The zero-order valence-electron chi connectivity index (χ0n) is 14.9. The number of benzene rings is 1. The first-order valence-corrected chi connectivity index (χ1v) is 8.38. The highest BCUT2D eigenvalue weighted by Crippen LogP contribution is 2.27. The Morgan fingerprint density at radius 3 is 2.46 bits per heavy atom. The fourth-order valence-corrected chi connectivity index (χ4v) is 3.29. The molecule has 0 radical (unpaired) electrons. The van der Waals surface area contributed by atoms with Gasteiger partial charge in [-0.15, -0.1) is 24.8 Å². The molecule has 4 nitrogen and oxygen atoms in total. The predicted molar refractivity (Wildman–Crippen MR) is 105 cm³/mol. The fourth-order valence-electron chi connectivity index (χ4n) is 3.29. The average Bonchev–Trinajstić information content (AvgIpc) is 3.04. The van der Waals surface area contributed by atoms with Crippen molar-refractivity contribution in [2.75, 3.05) is 26.2 Å². The lowest BCUT2D eigenvalue weighted by Gasteiger charge is -2.31. The van der Waals surface area contributed by atoms with Gasteiger partial charge in [0.1, 0.15) is 0 Å². The molecule has 2 N–H and O–H groups in total. The Morgan fingerprint density at radius 1 is 1.29 bits per heavy atom. The lowest BCUT2D eigenvalue weighted by Crippen LogP contribution is -2.45. The monoisotopic (exact) mass is 375 g/mol. The Labute approximate surface area is 158 Å². The van der Waals surface area contributed by atoms with Crippen LogP contribution in [0.25, 0.3) is 0 Å². The maximum absolute atomic E-state index is 12.5. The minimum atomic E-state index is -0.0828. The Kier molecular flexibility index (Phi) is 10.6. The lowest BCUT2D eigenvalue weighted by molar-refractivity contribution is -0.136. The molecule has 1 heterocycles. The quantitative estimate of drug-likeness (QED) is 0.830. The summed E-state index contributed by atoms with van der Waals surface area (Å²) in [6, 6.07) is 11.3. The number of carbonyl (C=O) groups excluding carboxylic acids is 1. The Morgan fingerprint density at radius 2 is 1.92 bits per heavy atom. The molecule has 1 fully saturated rings. The van der Waals surface area contributed by atoms with Crippen molar-refractivity contribution in [1.82, 2.24) is 9.80 Å². The van der Waals surface area contributed by atoms with Crippen LogP contribution in [0.2, 0.25) is 0 Å². The molecule has 1 amide bonds. The molecule has 0 spiro atoms. The Bertz CT molecular complexity index is 486. The van der Waals surface area contributed by atoms with E-state index in [1.807, 2.05) is 11.8 Å². The first-order chi connectivity index (χ1) is 10.6. The molecule has 1 aromatic rings. The normalized spacial score (nSPS) is 19.8. The highest BCUT2D eigenvalue weighted by molar-refractivity contribution is 5.85. The van der Waals surface area contributed by atoms with Crippen LogP contribution < -0.4 is 5.73 Å². The number of carbonyl (C=O) groups is 1. The number of hydrogen-bond acceptors (Lipinski definition) is 3. The standard InChI is InChI=1S/C18H29N3O.2ClH/c1-4-21(18(22)14(2)12-19)17-10-11-20(13-17)15(3)16-8-6-5-7-9-16;;/h5-9,14-15,17H,4,10-13,19H2,1-3H3;2*1H. The largest absolute Gasteiger partial charge is 0.338 e. The predicted octanol–water partition coefficient (Wildman–Crippen LogP) is 3.11. The van der Waals surface area contributed by atoms with Gasteiger partial charge in [-0.2, -0.15) is 0 Å². The highest BCUT2D eigenvalue weighted by atomic mass is 35.5. The van der Waals surface area contributed by atoms with Gasteiger partial charge in [0.25, 0.3) is 0 Å². The van der Waals surface area contributed by atoms with Crippen LogP contribution in [-0.4, -0.2) is 47.9 Å². The molecular weight excluding hydrogens is 345 g/mol. The van der Waals surface area contributed by atoms with Crippen LogP contribution >= 0.6 is 24.8 Å². The average molecular weight is 376 g/mol. The Hall–Kier alpha value is -0.810. The fraction of sp³-hybridized carbons (Fsp3) is 0.611. The van der Waals surface area contributed by atoms with E-state index in [4.69, 9.17) is 5.73 Å². The molecule has 6 heteroatoms. The molecule has 0 aromatic heterocycles. The van der Waals surface area contributed by atoms with Crippen LogP contribution in [0.4, 0.5) is 0 Å². The second kappa shape index (κ2) is 10.9. The van der Waals surface area contributed by atoms with Crippen molar-refractivity contribution >= 4 is 30.7 Å². The summed E-state index contributed by atoms with van der Waals surface area (Å²) in [5, 5.41) is 0. The summed E-state index contributed by atoms with van der Waals surface area (Å²) in [6.07, 6.45) is 1.05. The summed E-state index contributed by atoms with van der Waals surface area (Å²) < 4.78 is 0. The maximum Gasteiger partial charge on any atom is 0.226 e. The van der Waals surface area contributed by atoms with E-state index >= 15 is 0 Å². The molecule has 2 rings (SSSR count). The van der Waals surface area contributed by atoms with Crippen molar-refractivity contribution in [2.24, 2.45) is 11.7 Å². The topological polar surface area (TPSA) is 49.6 Å². The van der Waals surface area contributed by atoms with E-state index < -0.39 is 0 Å². The van der Waals surface area contributed by atoms with E-state index in [2.05, 4.69) is 49.1 Å². The van der Waals surface area contributed by atoms with Gasteiger partial charge in [0.15, 0.2) is 0 Å². The number of hydrogen-bond donors (Lipinski definition) is 1. The first-order valence-electron chi connectivity index (χ1n) is 8.38. The van der Waals surface area contributed by atoms with Gasteiger partial charge in [-0.3, -0.25) is 9.69 Å². The second-order valence-corrected chi connectivity index (χ2v) is 6.29. The van der Waals surface area contributed by atoms with Crippen LogP contribution in [0, 0.1) is 5.92 Å². The lowest BCUT2D eigenvalue weighted by atomic mass is 10.1. The molecule has 3 atom stereocenters. The van der Waals surface area contributed by atoms with Gasteiger partial charge >= 0.3 is 0 Å². The van der Waals surface area contributed by atoms with Gasteiger partial charge < -0.3 is 10.6 Å². The molecule has 3 unspecified atom stereocenters. The van der Waals surface area contributed by atoms with Crippen molar-refractivity contribution in [3.8, 4) is 0 Å². The summed E-state index contributed by atoms with van der Waals surface area (Å²) in [6.45, 7) is 9.41. The number of likely N-dealkylation sites (tertiary alicyclic amines) is 1. The van der Waals surface area contributed by atoms with E-state index in [0.717, 1.165) is 26.1 Å². The molecule has 0 bridgehead atoms. The number of rotatable bonds is 6. The number of nitrogens with zero attached hydrogens (tertiary/aromatic N) is 2. The molecule has 1 aromatic carbocycles. The number of halogens is 2. The van der Waals surface area contributed by atoms with Gasteiger partial charge in [-0.25, -0.2) is 0 Å². The maximum atomic E-state index is 12.5. The van der Waals surface area contributed by atoms with Crippen LogP contribution in [0.15, 0.2) is 30.3 Å². The molecule has 138 valence electrons. The molecule has 0 saturated carbocycles. The minimum absolute atomic E-state index is 0. The van der Waals surface area contributed by atoms with Crippen LogP contribution in [0.5, 0.6) is 0 Å². The summed E-state index contributed by atoms with van der Waals surface area (Å²) in [4.78, 5) is 17.0. The van der Waals surface area contributed by atoms with Crippen LogP contribution in [-0.2, 0) is 4.79 Å². The smallest absolute Gasteiger partial charge is 0.226 e. The SMILES string of the molecule is CCN(C(=O)C(C)CN)C1CCN(C(C)c2ccccc2)C1.Cl.Cl. The van der Waals surface area contributed by atoms with Gasteiger partial charge in [0.05, 0.1) is 0 Å². The van der Waals surface area contributed by atoms with E-state index in [1.54, 1.807) is 0 Å². The number of amides is 1. The zero-order chi connectivity index (χ0) is 16.1. The summed E-state index contributed by atoms with van der Waals surface area (Å²) in [5.41, 5.74) is 7.00. The van der Waals surface area contributed by atoms with Crippen LogP contribution in [0.1, 0.15) is 38.8 Å². The van der Waals surface area contributed by atoms with E-state index in [0.29, 0.717) is 18.6 Å². The van der Waals surface area contributed by atoms with Crippen LogP contribution in [0.3, 0.4) is 0 Å². The summed E-state index contributed by atoms with van der Waals surface area (Å²) >= 11 is 0. The summed E-state index contributed by atoms with van der Waals surface area (Å²) in [7, 11) is 0. The Balaban J connectivity index is 0.00000264. The van der Waals surface area contributed by atoms with E-state index in [9.17, 15) is 4.79 Å². The third-order valence-electron chi connectivity index (χ3n) is 4.86. The van der Waals surface area contributed by atoms with Crippen molar-refractivity contribution in [3.63, 3.8) is 0 Å². The van der Waals surface area contributed by atoms with Crippen molar-refractivity contribution < 1.29 is 4.79 Å². The van der Waals surface area contributed by atoms with Gasteiger partial charge in [0.2, 0.25) is 5.91 Å². The van der Waals surface area contributed by atoms with Crippen molar-refractivity contribution in [1.29, 1.82) is 0 Å². The molecule has 1 aliphatic rings. The molecule has 0 aliphatic carbocycles. The minimum Gasteiger partial charge on any atom is -0.338 e. The molecule has 1 saturated heterocycles. The molecule has 24 heavy (non-hydrogen) atoms. The first kappa shape index (κ1) is 23.2. The third kappa shape index (κ3) is 5.35. The number of nitrogens with two attached hydrogens (primary N) is 1. The van der Waals surface area contributed by atoms with Crippen molar-refractivity contribution in [2.45, 2.75) is 39.3 Å². The van der Waals surface area contributed by atoms with Crippen molar-refractivity contribution in [3.05, 3.63) is 35.9 Å². The molecular formula is C18H31Cl2N3O. The second-order valence-electron chi connectivity index (χ2n) is 6.29. The highest BCUT2D eigenvalue weighted by Gasteiger charge is 2.33. The zero-order valence-corrected chi connectivity index (χ0v) is 16.5. The van der Waals surface area contributed by atoms with E-state index in [-0.39, 0.29) is 36.6 Å². The van der Waals surface area contributed by atoms with Gasteiger partial charge in [-0.05, 0) is 25.8 Å². The van der Waals surface area contributed by atoms with E-state index in [1.165, 1.54) is 5.56 Å². The summed E-state index contributed by atoms with van der Waals surface area (Å²) in [5.74, 6) is 0.116. The third-order valence-corrected chi connectivity index (χ3v) is 4.86. The molecule has 1 aliphatic heterocycles.